The summed E-state index contributed by atoms with van der Waals surface area (Å²) >= 11 is 7.26. The summed E-state index contributed by atoms with van der Waals surface area (Å²) in [6.07, 6.45) is 0.390. The molecule has 0 saturated heterocycles. The number of rotatable bonds is 3. The second-order valence-corrected chi connectivity index (χ2v) is 5.68. The molecule has 0 atom stereocenters. The van der Waals surface area contributed by atoms with E-state index in [4.69, 9.17) is 17.3 Å². The number of hydrogen-bond donors (Lipinski definition) is 1. The first-order chi connectivity index (χ1) is 8.06. The van der Waals surface area contributed by atoms with Crippen LogP contribution in [0.25, 0.3) is 0 Å². The number of aryl methyl sites for hydroxylation is 1. The lowest BCUT2D eigenvalue weighted by Crippen LogP contribution is -2.03. The summed E-state index contributed by atoms with van der Waals surface area (Å²) in [5, 5.41) is 0. The number of carbonyl (C=O) groups excluding carboxylic acids is 1. The second-order valence-electron chi connectivity index (χ2n) is 3.88. The Morgan fingerprint density at radius 1 is 1.35 bits per heavy atom. The average molecular weight is 266 g/mol. The Kier molecular flexibility index (Phi) is 3.50. The van der Waals surface area contributed by atoms with Gasteiger partial charge < -0.3 is 5.73 Å². The maximum absolute atomic E-state index is 12.0. The van der Waals surface area contributed by atoms with E-state index >= 15 is 0 Å². The summed E-state index contributed by atoms with van der Waals surface area (Å²) in [7, 11) is 0. The Balaban J connectivity index is 2.17. The summed E-state index contributed by atoms with van der Waals surface area (Å²) in [6, 6.07) is 9.05. The van der Waals surface area contributed by atoms with Crippen LogP contribution in [0.4, 0.5) is 5.69 Å². The molecule has 0 aliphatic rings. The van der Waals surface area contributed by atoms with Crippen LogP contribution in [-0.2, 0) is 6.42 Å². The van der Waals surface area contributed by atoms with Crippen molar-refractivity contribution in [2.75, 3.05) is 5.73 Å². The first-order valence-electron chi connectivity index (χ1n) is 5.20. The standard InChI is InChI=1S/C13H12ClNOS/c1-8-6-9(2-4-11(8)15)12(16)7-10-3-5-13(14)17-10/h2-6H,7,15H2,1H3. The van der Waals surface area contributed by atoms with Crippen molar-refractivity contribution < 1.29 is 4.79 Å². The molecular weight excluding hydrogens is 254 g/mol. The van der Waals surface area contributed by atoms with Crippen molar-refractivity contribution >= 4 is 34.4 Å². The summed E-state index contributed by atoms with van der Waals surface area (Å²) in [4.78, 5) is 13.0. The van der Waals surface area contributed by atoms with E-state index in [-0.39, 0.29) is 5.78 Å². The van der Waals surface area contributed by atoms with Gasteiger partial charge in [-0.25, -0.2) is 0 Å². The lowest BCUT2D eigenvalue weighted by Gasteiger charge is -2.03. The van der Waals surface area contributed by atoms with Crippen LogP contribution < -0.4 is 5.73 Å². The SMILES string of the molecule is Cc1cc(C(=O)Cc2ccc(Cl)s2)ccc1N. The minimum atomic E-state index is 0.0895. The molecule has 0 bridgehead atoms. The van der Waals surface area contributed by atoms with E-state index in [1.807, 2.05) is 25.1 Å². The van der Waals surface area contributed by atoms with Gasteiger partial charge >= 0.3 is 0 Å². The van der Waals surface area contributed by atoms with Gasteiger partial charge in [0.05, 0.1) is 4.34 Å². The Hall–Kier alpha value is -1.32. The fourth-order valence-corrected chi connectivity index (χ4v) is 2.64. The van der Waals surface area contributed by atoms with E-state index in [2.05, 4.69) is 0 Å². The van der Waals surface area contributed by atoms with Gasteiger partial charge in [0.1, 0.15) is 0 Å². The van der Waals surface area contributed by atoms with Crippen LogP contribution in [-0.4, -0.2) is 5.78 Å². The van der Waals surface area contributed by atoms with Crippen molar-refractivity contribution in [3.05, 3.63) is 50.7 Å². The predicted octanol–water partition coefficient (Wildman–Crippen LogP) is 3.72. The van der Waals surface area contributed by atoms with Crippen LogP contribution in [0.5, 0.6) is 0 Å². The largest absolute Gasteiger partial charge is 0.399 e. The van der Waals surface area contributed by atoms with Gasteiger partial charge in [-0.15, -0.1) is 11.3 Å². The molecule has 0 aliphatic carbocycles. The highest BCUT2D eigenvalue weighted by Gasteiger charge is 2.09. The molecule has 2 nitrogen and oxygen atoms in total. The molecule has 88 valence electrons. The lowest BCUT2D eigenvalue weighted by atomic mass is 10.0. The van der Waals surface area contributed by atoms with E-state index < -0.39 is 0 Å². The number of benzene rings is 1. The molecule has 17 heavy (non-hydrogen) atoms. The van der Waals surface area contributed by atoms with Gasteiger partial charge in [-0.2, -0.15) is 0 Å². The first kappa shape index (κ1) is 12.1. The fourth-order valence-electron chi connectivity index (χ4n) is 1.56. The van der Waals surface area contributed by atoms with Crippen LogP contribution in [0.2, 0.25) is 4.34 Å². The fraction of sp³-hybridized carbons (Fsp3) is 0.154. The molecule has 0 amide bonds. The molecule has 1 aromatic carbocycles. The summed E-state index contributed by atoms with van der Waals surface area (Å²) in [5.74, 6) is 0.0895. The van der Waals surface area contributed by atoms with Gasteiger partial charge in [-0.3, -0.25) is 4.79 Å². The number of hydrogen-bond acceptors (Lipinski definition) is 3. The zero-order valence-electron chi connectivity index (χ0n) is 9.37. The van der Waals surface area contributed by atoms with E-state index in [9.17, 15) is 4.79 Å². The van der Waals surface area contributed by atoms with Crippen LogP contribution in [0, 0.1) is 6.92 Å². The minimum absolute atomic E-state index is 0.0895. The topological polar surface area (TPSA) is 43.1 Å². The highest BCUT2D eigenvalue weighted by atomic mass is 35.5. The van der Waals surface area contributed by atoms with Crippen molar-refractivity contribution in [1.29, 1.82) is 0 Å². The van der Waals surface area contributed by atoms with E-state index in [0.717, 1.165) is 10.4 Å². The number of anilines is 1. The number of nitrogens with two attached hydrogens (primary N) is 1. The van der Waals surface area contributed by atoms with Gasteiger partial charge in [0.15, 0.2) is 5.78 Å². The first-order valence-corrected chi connectivity index (χ1v) is 6.39. The summed E-state index contributed by atoms with van der Waals surface area (Å²) in [6.45, 7) is 1.90. The van der Waals surface area contributed by atoms with Gasteiger partial charge in [-0.1, -0.05) is 11.6 Å². The van der Waals surface area contributed by atoms with Crippen LogP contribution >= 0.6 is 22.9 Å². The minimum Gasteiger partial charge on any atom is -0.399 e. The highest BCUT2D eigenvalue weighted by Crippen LogP contribution is 2.23. The van der Waals surface area contributed by atoms with E-state index in [1.54, 1.807) is 12.1 Å². The quantitative estimate of drug-likeness (QED) is 0.679. The van der Waals surface area contributed by atoms with Gasteiger partial charge in [0.25, 0.3) is 0 Å². The molecule has 0 unspecified atom stereocenters. The van der Waals surface area contributed by atoms with Gasteiger partial charge in [0, 0.05) is 22.5 Å². The molecule has 0 saturated carbocycles. The predicted molar refractivity (Wildman–Crippen MR) is 73.0 cm³/mol. The molecule has 0 radical (unpaired) electrons. The number of carbonyl (C=O) groups is 1. The zero-order valence-corrected chi connectivity index (χ0v) is 10.9. The van der Waals surface area contributed by atoms with Gasteiger partial charge in [-0.05, 0) is 42.8 Å². The molecular formula is C13H12ClNOS. The third kappa shape index (κ3) is 2.87. The van der Waals surface area contributed by atoms with E-state index in [0.29, 0.717) is 22.0 Å². The van der Waals surface area contributed by atoms with Crippen molar-refractivity contribution in [3.8, 4) is 0 Å². The highest BCUT2D eigenvalue weighted by molar-refractivity contribution is 7.16. The second kappa shape index (κ2) is 4.90. The van der Waals surface area contributed by atoms with Crippen molar-refractivity contribution in [3.63, 3.8) is 0 Å². The van der Waals surface area contributed by atoms with Crippen molar-refractivity contribution in [1.82, 2.24) is 0 Å². The Morgan fingerprint density at radius 3 is 2.71 bits per heavy atom. The molecule has 0 fully saturated rings. The molecule has 0 spiro atoms. The lowest BCUT2D eigenvalue weighted by molar-refractivity contribution is 0.0994. The third-order valence-corrected chi connectivity index (χ3v) is 3.79. The smallest absolute Gasteiger partial charge is 0.168 e. The molecule has 2 N–H and O–H groups in total. The Bertz CT molecular complexity index is 562. The number of nitrogen functional groups attached to an aromatic ring is 1. The van der Waals surface area contributed by atoms with Crippen molar-refractivity contribution in [2.45, 2.75) is 13.3 Å². The number of thiophene rings is 1. The molecule has 2 rings (SSSR count). The molecule has 2 aromatic rings. The monoisotopic (exact) mass is 265 g/mol. The third-order valence-electron chi connectivity index (χ3n) is 2.56. The zero-order chi connectivity index (χ0) is 12.4. The van der Waals surface area contributed by atoms with E-state index in [1.165, 1.54) is 11.3 Å². The molecule has 4 heteroatoms. The average Bonchev–Trinajstić information content (AvgIpc) is 2.68. The van der Waals surface area contributed by atoms with Crippen LogP contribution in [0.3, 0.4) is 0 Å². The summed E-state index contributed by atoms with van der Waals surface area (Å²) in [5.41, 5.74) is 8.05. The number of halogens is 1. The summed E-state index contributed by atoms with van der Waals surface area (Å²) < 4.78 is 0.710. The van der Waals surface area contributed by atoms with Gasteiger partial charge in [0.2, 0.25) is 0 Å². The number of Topliss-reactive ketones (excluding diaryl/α,β-unsaturated/α-hetero) is 1. The maximum atomic E-state index is 12.0. The van der Waals surface area contributed by atoms with Crippen molar-refractivity contribution in [2.24, 2.45) is 0 Å². The Labute approximate surface area is 109 Å². The number of ketones is 1. The van der Waals surface area contributed by atoms with Crippen LogP contribution in [0.1, 0.15) is 20.8 Å². The normalized spacial score (nSPS) is 10.5. The molecule has 1 heterocycles. The maximum Gasteiger partial charge on any atom is 0.168 e. The Morgan fingerprint density at radius 2 is 2.12 bits per heavy atom. The van der Waals surface area contributed by atoms with Crippen LogP contribution in [0.15, 0.2) is 30.3 Å². The molecule has 0 aliphatic heterocycles. The molecule has 1 aromatic heterocycles.